The third-order valence-electron chi connectivity index (χ3n) is 3.52. The maximum atomic E-state index is 11.6. The summed E-state index contributed by atoms with van der Waals surface area (Å²) in [6.07, 6.45) is 6.70. The third kappa shape index (κ3) is 3.88. The molecule has 0 saturated heterocycles. The van der Waals surface area contributed by atoms with Gasteiger partial charge < -0.3 is 15.1 Å². The highest BCUT2D eigenvalue weighted by molar-refractivity contribution is 5.91. The molecule has 1 fully saturated rings. The minimum absolute atomic E-state index is 0.140. The molecule has 2 atom stereocenters. The maximum Gasteiger partial charge on any atom is 0.287 e. The summed E-state index contributed by atoms with van der Waals surface area (Å²) in [6, 6.07) is 4.01. The van der Waals surface area contributed by atoms with E-state index in [4.69, 9.17) is 4.42 Å². The number of amides is 1. The van der Waals surface area contributed by atoms with E-state index in [1.807, 2.05) is 0 Å². The molecule has 1 aromatic rings. The van der Waals surface area contributed by atoms with Crippen LogP contribution >= 0.6 is 0 Å². The van der Waals surface area contributed by atoms with Gasteiger partial charge in [0.15, 0.2) is 5.76 Å². The first-order valence-corrected chi connectivity index (χ1v) is 6.81. The van der Waals surface area contributed by atoms with Gasteiger partial charge in [0, 0.05) is 19.1 Å². The van der Waals surface area contributed by atoms with Crippen molar-refractivity contribution >= 4 is 5.91 Å². The van der Waals surface area contributed by atoms with Crippen LogP contribution in [0, 0.1) is 5.92 Å². The van der Waals surface area contributed by atoms with Gasteiger partial charge in [-0.3, -0.25) is 4.79 Å². The number of nitrogens with one attached hydrogen (secondary N) is 2. The summed E-state index contributed by atoms with van der Waals surface area (Å²) in [5, 5.41) is 6.35. The molecule has 100 valence electrons. The molecule has 2 N–H and O–H groups in total. The smallest absolute Gasteiger partial charge is 0.287 e. The Labute approximate surface area is 108 Å². The van der Waals surface area contributed by atoms with Crippen molar-refractivity contribution in [1.82, 2.24) is 10.6 Å². The summed E-state index contributed by atoms with van der Waals surface area (Å²) in [4.78, 5) is 11.6. The lowest BCUT2D eigenvalue weighted by Crippen LogP contribution is -2.39. The van der Waals surface area contributed by atoms with Crippen molar-refractivity contribution in [3.05, 3.63) is 24.2 Å². The van der Waals surface area contributed by atoms with E-state index in [-0.39, 0.29) is 5.91 Å². The van der Waals surface area contributed by atoms with Crippen LogP contribution in [0.2, 0.25) is 0 Å². The van der Waals surface area contributed by atoms with Gasteiger partial charge in [0.2, 0.25) is 0 Å². The highest BCUT2D eigenvalue weighted by Crippen LogP contribution is 2.23. The first kappa shape index (κ1) is 13.1. The summed E-state index contributed by atoms with van der Waals surface area (Å²) in [5.74, 6) is 1.06. The standard InChI is InChI=1S/C14H22N2O2/c1-11-4-2-5-12(10-11)15-7-8-16-14(17)13-6-3-9-18-13/h3,6,9,11-12,15H,2,4-5,7-8,10H2,1H3,(H,16,17)/t11-,12-/m1/s1. The van der Waals surface area contributed by atoms with Crippen molar-refractivity contribution in [2.24, 2.45) is 5.92 Å². The SMILES string of the molecule is C[C@@H]1CCC[C@@H](NCCNC(=O)c2ccco2)C1. The number of furan rings is 1. The lowest BCUT2D eigenvalue weighted by Gasteiger charge is -2.27. The summed E-state index contributed by atoms with van der Waals surface area (Å²) in [5.41, 5.74) is 0. The zero-order chi connectivity index (χ0) is 12.8. The molecule has 1 aliphatic carbocycles. The summed E-state index contributed by atoms with van der Waals surface area (Å²) in [6.45, 7) is 3.78. The number of carbonyl (C=O) groups excluding carboxylic acids is 1. The van der Waals surface area contributed by atoms with Crippen molar-refractivity contribution in [3.8, 4) is 0 Å². The van der Waals surface area contributed by atoms with Gasteiger partial charge in [0.25, 0.3) is 5.91 Å². The Bertz CT molecular complexity index is 362. The van der Waals surface area contributed by atoms with Crippen molar-refractivity contribution < 1.29 is 9.21 Å². The highest BCUT2D eigenvalue weighted by atomic mass is 16.3. The van der Waals surface area contributed by atoms with Gasteiger partial charge in [0.1, 0.15) is 0 Å². The van der Waals surface area contributed by atoms with Crippen LogP contribution in [0.3, 0.4) is 0 Å². The van der Waals surface area contributed by atoms with Crippen molar-refractivity contribution in [1.29, 1.82) is 0 Å². The van der Waals surface area contributed by atoms with Crippen molar-refractivity contribution in [2.75, 3.05) is 13.1 Å². The van der Waals surface area contributed by atoms with Crippen LogP contribution in [0.15, 0.2) is 22.8 Å². The number of carbonyl (C=O) groups is 1. The first-order chi connectivity index (χ1) is 8.75. The fraction of sp³-hybridized carbons (Fsp3) is 0.643. The molecular formula is C14H22N2O2. The number of hydrogen-bond acceptors (Lipinski definition) is 3. The van der Waals surface area contributed by atoms with Crippen LogP contribution in [-0.2, 0) is 0 Å². The average molecular weight is 250 g/mol. The zero-order valence-corrected chi connectivity index (χ0v) is 10.9. The van der Waals surface area contributed by atoms with Gasteiger partial charge in [0.05, 0.1) is 6.26 Å². The van der Waals surface area contributed by atoms with Crippen LogP contribution < -0.4 is 10.6 Å². The fourth-order valence-corrected chi connectivity index (χ4v) is 2.57. The number of rotatable bonds is 5. The molecule has 0 unspecified atom stereocenters. The lowest BCUT2D eigenvalue weighted by molar-refractivity contribution is 0.0925. The van der Waals surface area contributed by atoms with E-state index in [1.54, 1.807) is 12.1 Å². The van der Waals surface area contributed by atoms with E-state index in [1.165, 1.54) is 31.9 Å². The van der Waals surface area contributed by atoms with Gasteiger partial charge in [-0.15, -0.1) is 0 Å². The first-order valence-electron chi connectivity index (χ1n) is 6.81. The summed E-state index contributed by atoms with van der Waals surface area (Å²) < 4.78 is 5.02. The summed E-state index contributed by atoms with van der Waals surface area (Å²) >= 11 is 0. The molecule has 0 spiro atoms. The van der Waals surface area contributed by atoms with E-state index >= 15 is 0 Å². The molecule has 4 nitrogen and oxygen atoms in total. The van der Waals surface area contributed by atoms with Gasteiger partial charge in [-0.05, 0) is 30.9 Å². The maximum absolute atomic E-state index is 11.6. The predicted molar refractivity (Wildman–Crippen MR) is 70.5 cm³/mol. The molecule has 1 saturated carbocycles. The third-order valence-corrected chi connectivity index (χ3v) is 3.52. The van der Waals surface area contributed by atoms with E-state index in [0.29, 0.717) is 18.3 Å². The van der Waals surface area contributed by atoms with E-state index in [2.05, 4.69) is 17.6 Å². The van der Waals surface area contributed by atoms with Crippen LogP contribution in [-0.4, -0.2) is 25.0 Å². The highest BCUT2D eigenvalue weighted by Gasteiger charge is 2.17. The van der Waals surface area contributed by atoms with Crippen molar-refractivity contribution in [3.63, 3.8) is 0 Å². The molecule has 1 amide bonds. The monoisotopic (exact) mass is 250 g/mol. The molecule has 18 heavy (non-hydrogen) atoms. The largest absolute Gasteiger partial charge is 0.459 e. The van der Waals surface area contributed by atoms with E-state index in [0.717, 1.165) is 12.5 Å². The second-order valence-electron chi connectivity index (χ2n) is 5.16. The molecule has 1 aliphatic rings. The molecule has 1 heterocycles. The molecule has 0 bridgehead atoms. The van der Waals surface area contributed by atoms with Crippen LogP contribution in [0.1, 0.15) is 43.2 Å². The molecule has 1 aromatic heterocycles. The Morgan fingerprint density at radius 2 is 2.33 bits per heavy atom. The molecular weight excluding hydrogens is 228 g/mol. The minimum Gasteiger partial charge on any atom is -0.459 e. The van der Waals surface area contributed by atoms with Crippen LogP contribution in [0.4, 0.5) is 0 Å². The Balaban J connectivity index is 1.60. The molecule has 0 radical (unpaired) electrons. The van der Waals surface area contributed by atoms with Gasteiger partial charge >= 0.3 is 0 Å². The van der Waals surface area contributed by atoms with E-state index in [9.17, 15) is 4.79 Å². The average Bonchev–Trinajstić information content (AvgIpc) is 2.88. The van der Waals surface area contributed by atoms with Gasteiger partial charge in [-0.2, -0.15) is 0 Å². The Morgan fingerprint density at radius 1 is 1.44 bits per heavy atom. The van der Waals surface area contributed by atoms with Crippen molar-refractivity contribution in [2.45, 2.75) is 38.6 Å². The van der Waals surface area contributed by atoms with Crippen LogP contribution in [0.25, 0.3) is 0 Å². The lowest BCUT2D eigenvalue weighted by atomic mass is 9.87. The fourth-order valence-electron chi connectivity index (χ4n) is 2.57. The number of hydrogen-bond donors (Lipinski definition) is 2. The van der Waals surface area contributed by atoms with Crippen LogP contribution in [0.5, 0.6) is 0 Å². The Kier molecular flexibility index (Phi) is 4.81. The Hall–Kier alpha value is -1.29. The molecule has 2 rings (SSSR count). The quantitative estimate of drug-likeness (QED) is 0.788. The molecule has 0 aliphatic heterocycles. The second-order valence-corrected chi connectivity index (χ2v) is 5.16. The van der Waals surface area contributed by atoms with E-state index < -0.39 is 0 Å². The Morgan fingerprint density at radius 3 is 3.06 bits per heavy atom. The predicted octanol–water partition coefficient (Wildman–Crippen LogP) is 2.18. The van der Waals surface area contributed by atoms with Gasteiger partial charge in [-0.25, -0.2) is 0 Å². The minimum atomic E-state index is -0.140. The topological polar surface area (TPSA) is 54.3 Å². The second kappa shape index (κ2) is 6.59. The molecule has 4 heteroatoms. The van der Waals surface area contributed by atoms with Gasteiger partial charge in [-0.1, -0.05) is 19.8 Å². The summed E-state index contributed by atoms with van der Waals surface area (Å²) in [7, 11) is 0. The zero-order valence-electron chi connectivity index (χ0n) is 10.9. The normalized spacial score (nSPS) is 23.8. The molecule has 0 aromatic carbocycles.